The molecule has 2 heteroatoms. The fourth-order valence-corrected chi connectivity index (χ4v) is 9.10. The normalized spacial score (nSPS) is 20.3. The van der Waals surface area contributed by atoms with Crippen LogP contribution in [-0.2, 0) is 11.0 Å². The van der Waals surface area contributed by atoms with E-state index in [-0.39, 0.29) is 11.0 Å². The molecule has 0 bridgehead atoms. The summed E-state index contributed by atoms with van der Waals surface area (Å²) in [6, 6.07) is 14.2. The molecule has 3 aliphatic rings. The summed E-state index contributed by atoms with van der Waals surface area (Å²) in [6.45, 7) is 19.1. The highest BCUT2D eigenvalue weighted by atomic mass is 15.1. The molecule has 1 spiro atoms. The lowest BCUT2D eigenvalue weighted by molar-refractivity contribution is -0.728. The molecule has 41 heavy (non-hydrogen) atoms. The number of hydrogen-bond acceptors (Lipinski definition) is 1. The van der Waals surface area contributed by atoms with Crippen LogP contribution >= 0.6 is 0 Å². The van der Waals surface area contributed by atoms with Crippen LogP contribution < -0.4 is 4.57 Å². The van der Waals surface area contributed by atoms with E-state index in [4.69, 9.17) is 4.98 Å². The van der Waals surface area contributed by atoms with Crippen LogP contribution in [0.3, 0.4) is 0 Å². The van der Waals surface area contributed by atoms with E-state index in [0.717, 1.165) is 11.9 Å². The van der Waals surface area contributed by atoms with Gasteiger partial charge in [-0.3, -0.25) is 4.98 Å². The van der Waals surface area contributed by atoms with E-state index >= 15 is 0 Å². The molecule has 0 saturated carbocycles. The Morgan fingerprint density at radius 1 is 0.878 bits per heavy atom. The first kappa shape index (κ1) is 26.6. The van der Waals surface area contributed by atoms with E-state index < -0.39 is 0 Å². The Bertz CT molecular complexity index is 1810. The standard InChI is InChI=1S/C39H45N2/c1-9-25(10-2)29-20-30(26(11-3)12-4)24(6)39(22-29)32-21-28-14-13-16-40-36(28)35-34(32)37-33-27(15-17-41(37)39)18-23(5)19-31(33)38(35,7)8/h13-21,25-26H,9-12,22H2,1-8H3/q+1. The third kappa shape index (κ3) is 3.31. The van der Waals surface area contributed by atoms with Crippen LogP contribution in [0.5, 0.6) is 0 Å². The molecule has 1 atom stereocenters. The van der Waals surface area contributed by atoms with Crippen LogP contribution in [0, 0.1) is 18.8 Å². The van der Waals surface area contributed by atoms with Gasteiger partial charge in [0.1, 0.15) is 0 Å². The number of aryl methyl sites for hydroxylation is 1. The lowest BCUT2D eigenvalue weighted by atomic mass is 9.65. The molecular weight excluding hydrogens is 496 g/mol. The predicted octanol–water partition coefficient (Wildman–Crippen LogP) is 9.87. The van der Waals surface area contributed by atoms with E-state index in [1.54, 1.807) is 16.7 Å². The second-order valence-electron chi connectivity index (χ2n) is 13.5. The van der Waals surface area contributed by atoms with Gasteiger partial charge in [-0.05, 0) is 80.0 Å². The summed E-state index contributed by atoms with van der Waals surface area (Å²) in [4.78, 5) is 5.07. The summed E-state index contributed by atoms with van der Waals surface area (Å²) >= 11 is 0. The van der Waals surface area contributed by atoms with Crippen molar-refractivity contribution in [1.82, 2.24) is 4.98 Å². The Morgan fingerprint density at radius 2 is 1.61 bits per heavy atom. The van der Waals surface area contributed by atoms with Crippen molar-refractivity contribution in [2.24, 2.45) is 11.8 Å². The van der Waals surface area contributed by atoms with Crippen molar-refractivity contribution in [1.29, 1.82) is 0 Å². The maximum Gasteiger partial charge on any atom is 0.222 e. The molecule has 2 aromatic carbocycles. The third-order valence-electron chi connectivity index (χ3n) is 11.3. The summed E-state index contributed by atoms with van der Waals surface area (Å²) in [5.74, 6) is 1.19. The topological polar surface area (TPSA) is 16.8 Å². The molecule has 4 aromatic rings. The zero-order valence-electron chi connectivity index (χ0n) is 26.3. The van der Waals surface area contributed by atoms with Gasteiger partial charge in [0.15, 0.2) is 6.20 Å². The van der Waals surface area contributed by atoms with Crippen molar-refractivity contribution < 1.29 is 4.57 Å². The van der Waals surface area contributed by atoms with E-state index in [9.17, 15) is 0 Å². The minimum atomic E-state index is -0.217. The summed E-state index contributed by atoms with van der Waals surface area (Å²) in [6.07, 6.45) is 12.9. The zero-order valence-corrected chi connectivity index (χ0v) is 26.3. The van der Waals surface area contributed by atoms with Gasteiger partial charge >= 0.3 is 0 Å². The van der Waals surface area contributed by atoms with E-state index in [1.165, 1.54) is 75.4 Å². The molecule has 0 N–H and O–H groups in total. The van der Waals surface area contributed by atoms with Crippen LogP contribution in [0.2, 0.25) is 0 Å². The van der Waals surface area contributed by atoms with Crippen LogP contribution in [0.15, 0.2) is 71.6 Å². The molecule has 0 radical (unpaired) electrons. The van der Waals surface area contributed by atoms with Crippen molar-refractivity contribution in [3.05, 3.63) is 93.8 Å². The molecule has 210 valence electrons. The van der Waals surface area contributed by atoms with Gasteiger partial charge in [0.2, 0.25) is 11.2 Å². The van der Waals surface area contributed by atoms with Crippen molar-refractivity contribution >= 4 is 21.7 Å². The molecular formula is C39H45N2+. The average Bonchev–Trinajstić information content (AvgIpc) is 3.23. The fraction of sp³-hybridized carbons (Fsp3) is 0.436. The number of fused-ring (bicyclic) bond motifs is 4. The van der Waals surface area contributed by atoms with Gasteiger partial charge in [0.05, 0.1) is 16.5 Å². The molecule has 2 nitrogen and oxygen atoms in total. The molecule has 7 rings (SSSR count). The van der Waals surface area contributed by atoms with Gasteiger partial charge in [-0.25, -0.2) is 0 Å². The largest absolute Gasteiger partial charge is 0.256 e. The maximum absolute atomic E-state index is 5.07. The maximum atomic E-state index is 5.07. The SMILES string of the molecule is CCC(CC)C1=CC(C(CC)CC)=C(C)C2(C1)c1cc3cccnc3c3c1-c1c4c(cc(C)cc4cc[n+]12)C3(C)C. The highest BCUT2D eigenvalue weighted by Crippen LogP contribution is 2.59. The van der Waals surface area contributed by atoms with Gasteiger partial charge in [-0.1, -0.05) is 77.0 Å². The fourth-order valence-electron chi connectivity index (χ4n) is 9.10. The van der Waals surface area contributed by atoms with E-state index in [1.807, 2.05) is 6.20 Å². The molecule has 0 saturated heterocycles. The number of pyridine rings is 2. The second-order valence-corrected chi connectivity index (χ2v) is 13.5. The van der Waals surface area contributed by atoms with Crippen LogP contribution in [0.25, 0.3) is 32.9 Å². The first-order valence-corrected chi connectivity index (χ1v) is 16.1. The number of nitrogens with zero attached hydrogens (tertiary/aromatic N) is 2. The Hall–Kier alpha value is -3.26. The lowest BCUT2D eigenvalue weighted by Crippen LogP contribution is -2.57. The van der Waals surface area contributed by atoms with Crippen molar-refractivity contribution in [2.45, 2.75) is 98.4 Å². The van der Waals surface area contributed by atoms with E-state index in [2.05, 4.69) is 109 Å². The highest BCUT2D eigenvalue weighted by Gasteiger charge is 2.59. The van der Waals surface area contributed by atoms with Gasteiger partial charge in [0.25, 0.3) is 0 Å². The quantitative estimate of drug-likeness (QED) is 0.222. The molecule has 3 heterocycles. The molecule has 0 amide bonds. The number of benzene rings is 2. The summed E-state index contributed by atoms with van der Waals surface area (Å²) < 4.78 is 2.73. The Balaban J connectivity index is 1.70. The third-order valence-corrected chi connectivity index (χ3v) is 11.3. The predicted molar refractivity (Wildman–Crippen MR) is 172 cm³/mol. The lowest BCUT2D eigenvalue weighted by Gasteiger charge is -2.37. The minimum absolute atomic E-state index is 0.154. The average molecular weight is 542 g/mol. The summed E-state index contributed by atoms with van der Waals surface area (Å²) in [5, 5.41) is 4.08. The van der Waals surface area contributed by atoms with Gasteiger partial charge < -0.3 is 0 Å². The highest BCUT2D eigenvalue weighted by molar-refractivity contribution is 6.06. The van der Waals surface area contributed by atoms with Crippen molar-refractivity contribution in [2.75, 3.05) is 0 Å². The molecule has 2 aromatic heterocycles. The Morgan fingerprint density at radius 3 is 2.32 bits per heavy atom. The number of allylic oxidation sites excluding steroid dienone is 4. The van der Waals surface area contributed by atoms with Gasteiger partial charge in [-0.2, -0.15) is 4.57 Å². The zero-order chi connectivity index (χ0) is 28.8. The number of hydrogen-bond donors (Lipinski definition) is 0. The molecule has 0 fully saturated rings. The Labute approximate surface area is 246 Å². The number of rotatable bonds is 6. The first-order valence-electron chi connectivity index (χ1n) is 16.1. The van der Waals surface area contributed by atoms with Gasteiger partial charge in [-0.15, -0.1) is 0 Å². The monoisotopic (exact) mass is 541 g/mol. The number of aromatic nitrogens is 2. The van der Waals surface area contributed by atoms with Crippen molar-refractivity contribution in [3.63, 3.8) is 0 Å². The van der Waals surface area contributed by atoms with Crippen molar-refractivity contribution in [3.8, 4) is 11.3 Å². The van der Waals surface area contributed by atoms with Gasteiger partial charge in [0, 0.05) is 46.2 Å². The summed E-state index contributed by atoms with van der Waals surface area (Å²) in [7, 11) is 0. The first-order chi connectivity index (χ1) is 19.7. The van der Waals surface area contributed by atoms with Crippen LogP contribution in [0.1, 0.15) is 103 Å². The molecule has 2 aliphatic carbocycles. The summed E-state index contributed by atoms with van der Waals surface area (Å²) in [5.41, 5.74) is 14.1. The molecule has 1 unspecified atom stereocenters. The van der Waals surface area contributed by atoms with E-state index in [0.29, 0.717) is 11.8 Å². The Kier molecular flexibility index (Phi) is 5.92. The molecule has 1 aliphatic heterocycles. The van der Waals surface area contributed by atoms with Crippen LogP contribution in [-0.4, -0.2) is 4.98 Å². The van der Waals surface area contributed by atoms with Crippen LogP contribution in [0.4, 0.5) is 0 Å². The second kappa shape index (κ2) is 9.12. The smallest absolute Gasteiger partial charge is 0.222 e. The minimum Gasteiger partial charge on any atom is -0.256 e.